The molecule has 0 aromatic rings. The van der Waals surface area contributed by atoms with Crippen LogP contribution in [0.4, 0.5) is 0 Å². The van der Waals surface area contributed by atoms with E-state index in [-0.39, 0.29) is 0 Å². The zero-order chi connectivity index (χ0) is 7.84. The number of nitrogens with zero attached hydrogens (tertiary/aromatic N) is 1. The summed E-state index contributed by atoms with van der Waals surface area (Å²) < 4.78 is 0. The molecule has 0 amide bonds. The Bertz CT molecular complexity index is 144. The van der Waals surface area contributed by atoms with E-state index in [1.807, 2.05) is 0 Å². The van der Waals surface area contributed by atoms with Gasteiger partial charge in [0.2, 0.25) is 0 Å². The summed E-state index contributed by atoms with van der Waals surface area (Å²) in [7, 11) is 0. The lowest BCUT2D eigenvalue weighted by molar-refractivity contribution is 0.156. The van der Waals surface area contributed by atoms with Crippen molar-refractivity contribution in [3.8, 4) is 0 Å². The Kier molecular flexibility index (Phi) is 1.92. The van der Waals surface area contributed by atoms with Gasteiger partial charge in [0, 0.05) is 18.6 Å². The van der Waals surface area contributed by atoms with Crippen LogP contribution in [0.1, 0.15) is 39.5 Å². The van der Waals surface area contributed by atoms with Crippen molar-refractivity contribution in [1.29, 1.82) is 0 Å². The van der Waals surface area contributed by atoms with Crippen LogP contribution in [-0.2, 0) is 0 Å². The van der Waals surface area contributed by atoms with Gasteiger partial charge < -0.3 is 0 Å². The lowest BCUT2D eigenvalue weighted by Crippen LogP contribution is -2.38. The molecule has 3 atom stereocenters. The molecule has 1 saturated heterocycles. The highest BCUT2D eigenvalue weighted by molar-refractivity contribution is 4.93. The minimum atomic E-state index is 0.838. The third kappa shape index (κ3) is 1.20. The Morgan fingerprint density at radius 3 is 2.73 bits per heavy atom. The molecule has 1 aliphatic heterocycles. The van der Waals surface area contributed by atoms with Crippen LogP contribution in [-0.4, -0.2) is 23.5 Å². The first-order valence-electron chi connectivity index (χ1n) is 5.07. The predicted molar refractivity (Wildman–Crippen MR) is 47.6 cm³/mol. The molecule has 11 heavy (non-hydrogen) atoms. The van der Waals surface area contributed by atoms with Crippen LogP contribution < -0.4 is 0 Å². The lowest BCUT2D eigenvalue weighted by atomic mass is 10.1. The molecular formula is C10H19N. The van der Waals surface area contributed by atoms with Gasteiger partial charge in [0.1, 0.15) is 0 Å². The van der Waals surface area contributed by atoms with Crippen molar-refractivity contribution in [2.45, 2.75) is 51.6 Å². The third-order valence-corrected chi connectivity index (χ3v) is 3.61. The highest BCUT2D eigenvalue weighted by Crippen LogP contribution is 2.38. The Morgan fingerprint density at radius 1 is 1.45 bits per heavy atom. The average Bonchev–Trinajstić information content (AvgIpc) is 2.62. The number of piperidine rings is 1. The number of fused-ring (bicyclic) bond motifs is 2. The molecule has 0 spiro atoms. The van der Waals surface area contributed by atoms with E-state index >= 15 is 0 Å². The summed E-state index contributed by atoms with van der Waals surface area (Å²) in [6.45, 7) is 6.08. The van der Waals surface area contributed by atoms with Gasteiger partial charge in [0.05, 0.1) is 0 Å². The van der Waals surface area contributed by atoms with Crippen molar-refractivity contribution in [3.63, 3.8) is 0 Å². The maximum absolute atomic E-state index is 2.73. The molecule has 64 valence electrons. The van der Waals surface area contributed by atoms with Gasteiger partial charge in [-0.15, -0.1) is 0 Å². The summed E-state index contributed by atoms with van der Waals surface area (Å²) in [4.78, 5) is 2.73. The van der Waals surface area contributed by atoms with Crippen LogP contribution >= 0.6 is 0 Å². The first kappa shape index (κ1) is 7.60. The Morgan fingerprint density at radius 2 is 2.27 bits per heavy atom. The smallest absolute Gasteiger partial charge is 0.0101 e. The third-order valence-electron chi connectivity index (χ3n) is 3.61. The zero-order valence-electron chi connectivity index (χ0n) is 7.71. The molecular weight excluding hydrogens is 134 g/mol. The van der Waals surface area contributed by atoms with Crippen LogP contribution in [0.25, 0.3) is 0 Å². The molecule has 0 aromatic heterocycles. The standard InChI is InChI=1S/C10H19N/c1-3-8(2)11-7-9-4-5-10(11)6-9/h8-10H,3-7H2,1-2H3/t8?,9?,10-/m1/s1. The van der Waals surface area contributed by atoms with Crippen molar-refractivity contribution >= 4 is 0 Å². The molecule has 1 saturated carbocycles. The predicted octanol–water partition coefficient (Wildman–Crippen LogP) is 2.27. The molecule has 2 rings (SSSR count). The Balaban J connectivity index is 1.96. The molecule has 0 N–H and O–H groups in total. The van der Waals surface area contributed by atoms with Crippen LogP contribution in [0.15, 0.2) is 0 Å². The summed E-state index contributed by atoms with van der Waals surface area (Å²) in [5.74, 6) is 1.06. The maximum Gasteiger partial charge on any atom is 0.0101 e. The topological polar surface area (TPSA) is 3.24 Å². The number of rotatable bonds is 2. The molecule has 2 aliphatic rings. The fraction of sp³-hybridized carbons (Fsp3) is 1.00. The van der Waals surface area contributed by atoms with E-state index in [0.717, 1.165) is 18.0 Å². The van der Waals surface area contributed by atoms with Gasteiger partial charge in [-0.25, -0.2) is 0 Å². The second kappa shape index (κ2) is 2.78. The van der Waals surface area contributed by atoms with Crippen LogP contribution in [0.3, 0.4) is 0 Å². The van der Waals surface area contributed by atoms with E-state index in [2.05, 4.69) is 18.7 Å². The second-order valence-corrected chi connectivity index (χ2v) is 4.29. The van der Waals surface area contributed by atoms with E-state index in [4.69, 9.17) is 0 Å². The van der Waals surface area contributed by atoms with Gasteiger partial charge >= 0.3 is 0 Å². The monoisotopic (exact) mass is 153 g/mol. The summed E-state index contributed by atoms with van der Waals surface area (Å²) >= 11 is 0. The van der Waals surface area contributed by atoms with E-state index < -0.39 is 0 Å². The molecule has 1 heteroatoms. The zero-order valence-corrected chi connectivity index (χ0v) is 7.71. The van der Waals surface area contributed by atoms with Crippen LogP contribution in [0.5, 0.6) is 0 Å². The van der Waals surface area contributed by atoms with Crippen molar-refractivity contribution in [2.24, 2.45) is 5.92 Å². The first-order chi connectivity index (χ1) is 5.31. The lowest BCUT2D eigenvalue weighted by Gasteiger charge is -2.32. The molecule has 2 bridgehead atoms. The number of hydrogen-bond donors (Lipinski definition) is 0. The maximum atomic E-state index is 2.73. The average molecular weight is 153 g/mol. The molecule has 1 aliphatic carbocycles. The van der Waals surface area contributed by atoms with Gasteiger partial charge in [0.25, 0.3) is 0 Å². The molecule has 2 fully saturated rings. The quantitative estimate of drug-likeness (QED) is 0.588. The summed E-state index contributed by atoms with van der Waals surface area (Å²) in [5.41, 5.74) is 0. The summed E-state index contributed by atoms with van der Waals surface area (Å²) in [6.07, 6.45) is 5.82. The Hall–Kier alpha value is -0.0400. The number of likely N-dealkylation sites (tertiary alicyclic amines) is 1. The SMILES string of the molecule is CCC(C)N1CC2CC[C@@H]1C2. The second-order valence-electron chi connectivity index (χ2n) is 4.29. The van der Waals surface area contributed by atoms with E-state index in [1.165, 1.54) is 32.2 Å². The molecule has 1 heterocycles. The fourth-order valence-electron chi connectivity index (χ4n) is 2.74. The molecule has 1 nitrogen and oxygen atoms in total. The largest absolute Gasteiger partial charge is 0.297 e. The van der Waals surface area contributed by atoms with Crippen molar-refractivity contribution in [1.82, 2.24) is 4.90 Å². The first-order valence-corrected chi connectivity index (χ1v) is 5.07. The van der Waals surface area contributed by atoms with E-state index in [1.54, 1.807) is 0 Å². The molecule has 0 radical (unpaired) electrons. The van der Waals surface area contributed by atoms with Crippen molar-refractivity contribution < 1.29 is 0 Å². The normalized spacial score (nSPS) is 39.8. The highest BCUT2D eigenvalue weighted by Gasteiger charge is 2.38. The van der Waals surface area contributed by atoms with Gasteiger partial charge in [-0.1, -0.05) is 6.92 Å². The molecule has 2 unspecified atom stereocenters. The highest BCUT2D eigenvalue weighted by atomic mass is 15.2. The van der Waals surface area contributed by atoms with E-state index in [9.17, 15) is 0 Å². The Labute approximate surface area is 69.8 Å². The fourth-order valence-corrected chi connectivity index (χ4v) is 2.74. The summed E-state index contributed by atoms with van der Waals surface area (Å²) in [6, 6.07) is 1.81. The molecule has 0 aromatic carbocycles. The van der Waals surface area contributed by atoms with Crippen molar-refractivity contribution in [2.75, 3.05) is 6.54 Å². The van der Waals surface area contributed by atoms with Gasteiger partial charge in [-0.3, -0.25) is 4.90 Å². The van der Waals surface area contributed by atoms with Gasteiger partial charge in [-0.2, -0.15) is 0 Å². The number of hydrogen-bond acceptors (Lipinski definition) is 1. The van der Waals surface area contributed by atoms with Gasteiger partial charge in [0.15, 0.2) is 0 Å². The summed E-state index contributed by atoms with van der Waals surface area (Å²) in [5, 5.41) is 0. The van der Waals surface area contributed by atoms with E-state index in [0.29, 0.717) is 0 Å². The van der Waals surface area contributed by atoms with Crippen LogP contribution in [0, 0.1) is 5.92 Å². The van der Waals surface area contributed by atoms with Crippen molar-refractivity contribution in [3.05, 3.63) is 0 Å². The van der Waals surface area contributed by atoms with Crippen LogP contribution in [0.2, 0.25) is 0 Å². The minimum absolute atomic E-state index is 0.838. The minimum Gasteiger partial charge on any atom is -0.297 e. The van der Waals surface area contributed by atoms with Gasteiger partial charge in [-0.05, 0) is 38.5 Å².